The van der Waals surface area contributed by atoms with Crippen molar-refractivity contribution in [2.75, 3.05) is 6.54 Å². The molecular weight excluding hydrogens is 162 g/mol. The SMILES string of the molecule is CC(C)(C)CC1=CC1CNC(=N)N. The van der Waals surface area contributed by atoms with E-state index in [1.165, 1.54) is 5.57 Å². The topological polar surface area (TPSA) is 61.9 Å². The third-order valence-electron chi connectivity index (χ3n) is 2.03. The van der Waals surface area contributed by atoms with Gasteiger partial charge >= 0.3 is 0 Å². The summed E-state index contributed by atoms with van der Waals surface area (Å²) in [6.07, 6.45) is 3.40. The first-order chi connectivity index (χ1) is 5.88. The lowest BCUT2D eigenvalue weighted by atomic mass is 9.90. The van der Waals surface area contributed by atoms with Gasteiger partial charge in [-0.1, -0.05) is 32.4 Å². The number of hydrogen-bond acceptors (Lipinski definition) is 1. The van der Waals surface area contributed by atoms with Crippen molar-refractivity contribution in [3.8, 4) is 0 Å². The maximum absolute atomic E-state index is 7.00. The molecule has 3 heteroatoms. The average Bonchev–Trinajstić information content (AvgIpc) is 2.59. The second-order valence-electron chi connectivity index (χ2n) is 4.88. The molecule has 1 aliphatic carbocycles. The van der Waals surface area contributed by atoms with Crippen LogP contribution in [0.15, 0.2) is 11.6 Å². The zero-order valence-corrected chi connectivity index (χ0v) is 8.65. The van der Waals surface area contributed by atoms with Crippen LogP contribution in [0.1, 0.15) is 27.2 Å². The molecule has 4 N–H and O–H groups in total. The van der Waals surface area contributed by atoms with Crippen LogP contribution in [-0.2, 0) is 0 Å². The maximum Gasteiger partial charge on any atom is 0.185 e. The third-order valence-corrected chi connectivity index (χ3v) is 2.03. The van der Waals surface area contributed by atoms with Crippen LogP contribution in [0, 0.1) is 16.7 Å². The molecule has 0 saturated carbocycles. The largest absolute Gasteiger partial charge is 0.370 e. The van der Waals surface area contributed by atoms with Crippen molar-refractivity contribution in [3.63, 3.8) is 0 Å². The van der Waals surface area contributed by atoms with E-state index in [0.29, 0.717) is 11.3 Å². The van der Waals surface area contributed by atoms with Crippen molar-refractivity contribution in [2.45, 2.75) is 27.2 Å². The molecule has 0 aromatic heterocycles. The van der Waals surface area contributed by atoms with Gasteiger partial charge < -0.3 is 11.1 Å². The molecule has 1 aliphatic rings. The summed E-state index contributed by atoms with van der Waals surface area (Å²) in [5.74, 6) is 0.610. The van der Waals surface area contributed by atoms with Crippen LogP contribution in [0.4, 0.5) is 0 Å². The predicted molar refractivity (Wildman–Crippen MR) is 55.6 cm³/mol. The van der Waals surface area contributed by atoms with Crippen molar-refractivity contribution in [1.82, 2.24) is 5.32 Å². The zero-order chi connectivity index (χ0) is 10.1. The van der Waals surface area contributed by atoms with Gasteiger partial charge in [0.1, 0.15) is 0 Å². The summed E-state index contributed by atoms with van der Waals surface area (Å²) in [5, 5.41) is 9.84. The third kappa shape index (κ3) is 3.97. The highest BCUT2D eigenvalue weighted by Gasteiger charge is 2.27. The Kier molecular flexibility index (Phi) is 2.64. The molecule has 3 nitrogen and oxygen atoms in total. The lowest BCUT2D eigenvalue weighted by Crippen LogP contribution is -2.32. The van der Waals surface area contributed by atoms with Crippen LogP contribution >= 0.6 is 0 Å². The van der Waals surface area contributed by atoms with Gasteiger partial charge in [0.05, 0.1) is 0 Å². The highest BCUT2D eigenvalue weighted by Crippen LogP contribution is 2.38. The number of guanidine groups is 1. The molecule has 1 unspecified atom stereocenters. The highest BCUT2D eigenvalue weighted by molar-refractivity contribution is 5.74. The Labute approximate surface area is 79.9 Å². The monoisotopic (exact) mass is 181 g/mol. The van der Waals surface area contributed by atoms with Gasteiger partial charge in [-0.3, -0.25) is 5.41 Å². The van der Waals surface area contributed by atoms with Gasteiger partial charge in [-0.05, 0) is 11.8 Å². The average molecular weight is 181 g/mol. The number of nitrogens with two attached hydrogens (primary N) is 1. The fourth-order valence-electron chi connectivity index (χ4n) is 1.42. The first kappa shape index (κ1) is 10.1. The second kappa shape index (κ2) is 3.40. The van der Waals surface area contributed by atoms with Crippen molar-refractivity contribution in [2.24, 2.45) is 17.1 Å². The molecule has 13 heavy (non-hydrogen) atoms. The molecule has 0 aromatic carbocycles. The second-order valence-corrected chi connectivity index (χ2v) is 4.88. The Balaban J connectivity index is 2.15. The Morgan fingerprint density at radius 3 is 2.69 bits per heavy atom. The minimum Gasteiger partial charge on any atom is -0.370 e. The van der Waals surface area contributed by atoms with E-state index in [0.717, 1.165) is 13.0 Å². The lowest BCUT2D eigenvalue weighted by molar-refractivity contribution is 0.408. The fraction of sp³-hybridized carbons (Fsp3) is 0.700. The first-order valence-electron chi connectivity index (χ1n) is 4.67. The molecule has 0 heterocycles. The van der Waals surface area contributed by atoms with E-state index in [4.69, 9.17) is 11.1 Å². The van der Waals surface area contributed by atoms with E-state index in [2.05, 4.69) is 32.2 Å². The van der Waals surface area contributed by atoms with Gasteiger partial charge in [0.15, 0.2) is 5.96 Å². The molecule has 0 aliphatic heterocycles. The molecular formula is C10H19N3. The number of nitrogens with one attached hydrogen (secondary N) is 2. The minimum atomic E-state index is 0.0652. The first-order valence-corrected chi connectivity index (χ1v) is 4.67. The van der Waals surface area contributed by atoms with Gasteiger partial charge in [-0.15, -0.1) is 0 Å². The molecule has 0 fully saturated rings. The Morgan fingerprint density at radius 2 is 2.23 bits per heavy atom. The maximum atomic E-state index is 7.00. The van der Waals surface area contributed by atoms with Crippen molar-refractivity contribution < 1.29 is 0 Å². The Morgan fingerprint density at radius 1 is 1.62 bits per heavy atom. The van der Waals surface area contributed by atoms with Crippen molar-refractivity contribution >= 4 is 5.96 Å². The Bertz CT molecular complexity index is 235. The van der Waals surface area contributed by atoms with Gasteiger partial charge in [-0.2, -0.15) is 0 Å². The Hall–Kier alpha value is -0.990. The van der Waals surface area contributed by atoms with Crippen LogP contribution in [0.25, 0.3) is 0 Å². The van der Waals surface area contributed by atoms with Crippen LogP contribution in [0.3, 0.4) is 0 Å². The molecule has 0 spiro atoms. The van der Waals surface area contributed by atoms with E-state index in [1.54, 1.807) is 0 Å². The summed E-state index contributed by atoms with van der Waals surface area (Å²) < 4.78 is 0. The molecule has 0 aromatic rings. The summed E-state index contributed by atoms with van der Waals surface area (Å²) in [7, 11) is 0. The molecule has 0 amide bonds. The van der Waals surface area contributed by atoms with E-state index in [1.807, 2.05) is 0 Å². The van der Waals surface area contributed by atoms with Gasteiger partial charge in [0.25, 0.3) is 0 Å². The smallest absolute Gasteiger partial charge is 0.185 e. The summed E-state index contributed by atoms with van der Waals surface area (Å²) in [6.45, 7) is 7.51. The van der Waals surface area contributed by atoms with E-state index in [-0.39, 0.29) is 5.96 Å². The highest BCUT2D eigenvalue weighted by atomic mass is 15.0. The standard InChI is InChI=1S/C10H19N3/c1-10(2,3)5-7-4-8(7)6-13-9(11)12/h4,8H,5-6H2,1-3H3,(H4,11,12,13). The number of hydrogen-bond donors (Lipinski definition) is 3. The number of rotatable bonds is 3. The molecule has 1 atom stereocenters. The van der Waals surface area contributed by atoms with Crippen molar-refractivity contribution in [3.05, 3.63) is 11.6 Å². The minimum absolute atomic E-state index is 0.0652. The van der Waals surface area contributed by atoms with E-state index in [9.17, 15) is 0 Å². The quantitative estimate of drug-likeness (QED) is 0.351. The van der Waals surface area contributed by atoms with Crippen molar-refractivity contribution in [1.29, 1.82) is 5.41 Å². The predicted octanol–water partition coefficient (Wildman–Crippen LogP) is 1.46. The van der Waals surface area contributed by atoms with Crippen LogP contribution in [-0.4, -0.2) is 12.5 Å². The van der Waals surface area contributed by atoms with Crippen LogP contribution in [0.5, 0.6) is 0 Å². The van der Waals surface area contributed by atoms with Gasteiger partial charge in [-0.25, -0.2) is 0 Å². The van der Waals surface area contributed by atoms with E-state index >= 15 is 0 Å². The summed E-state index contributed by atoms with van der Waals surface area (Å²) in [5.41, 5.74) is 7.06. The molecule has 74 valence electrons. The van der Waals surface area contributed by atoms with Crippen LogP contribution < -0.4 is 11.1 Å². The van der Waals surface area contributed by atoms with Crippen LogP contribution in [0.2, 0.25) is 0 Å². The molecule has 0 bridgehead atoms. The summed E-state index contributed by atoms with van der Waals surface area (Å²) >= 11 is 0. The fourth-order valence-corrected chi connectivity index (χ4v) is 1.42. The molecule has 0 saturated heterocycles. The van der Waals surface area contributed by atoms with E-state index < -0.39 is 0 Å². The normalized spacial score (nSPS) is 20.8. The van der Waals surface area contributed by atoms with Gasteiger partial charge in [0.2, 0.25) is 0 Å². The zero-order valence-electron chi connectivity index (χ0n) is 8.65. The summed E-state index contributed by atoms with van der Waals surface area (Å²) in [6, 6.07) is 0. The van der Waals surface area contributed by atoms with Gasteiger partial charge in [0, 0.05) is 12.5 Å². The molecule has 0 radical (unpaired) electrons. The molecule has 1 rings (SSSR count). The summed E-state index contributed by atoms with van der Waals surface area (Å²) in [4.78, 5) is 0. The lowest BCUT2D eigenvalue weighted by Gasteiger charge is -2.16.